The molecule has 1 N–H and O–H groups in total. The van der Waals surface area contributed by atoms with Gasteiger partial charge >= 0.3 is 0 Å². The third-order valence-electron chi connectivity index (χ3n) is 4.58. The maximum Gasteiger partial charge on any atom is 0.249 e. The smallest absolute Gasteiger partial charge is 0.249 e. The normalized spacial score (nSPS) is 17.0. The van der Waals surface area contributed by atoms with Crippen LogP contribution in [0.15, 0.2) is 48.7 Å². The van der Waals surface area contributed by atoms with E-state index >= 15 is 0 Å². The van der Waals surface area contributed by atoms with Crippen LogP contribution in [0.4, 0.5) is 5.95 Å². The number of nitrogens with zero attached hydrogens (tertiary/aromatic N) is 4. The summed E-state index contributed by atoms with van der Waals surface area (Å²) in [6.07, 6.45) is 2.65. The molecule has 1 saturated heterocycles. The summed E-state index contributed by atoms with van der Waals surface area (Å²) in [6, 6.07) is 13.0. The lowest BCUT2D eigenvalue weighted by Gasteiger charge is -2.23. The molecule has 1 aromatic carbocycles. The van der Waals surface area contributed by atoms with E-state index in [2.05, 4.69) is 15.4 Å². The maximum absolute atomic E-state index is 12.7. The van der Waals surface area contributed by atoms with E-state index in [1.54, 1.807) is 15.6 Å². The third-order valence-corrected chi connectivity index (χ3v) is 4.58. The predicted molar refractivity (Wildman–Crippen MR) is 96.4 cm³/mol. The second kappa shape index (κ2) is 6.59. The zero-order valence-corrected chi connectivity index (χ0v) is 14.4. The summed E-state index contributed by atoms with van der Waals surface area (Å²) in [5.41, 5.74) is 2.82. The standard InChI is InChI=1S/C19H19N5O2/c1-13-5-7-14(8-6-13)12-23-15(9-10-17(23)25)18(26)21-19-20-16-4-2-3-11-24(16)22-19/h2-8,11,15H,9-10,12H2,1H3,(H,21,22,26). The number of anilines is 1. The molecule has 0 spiro atoms. The first-order valence-corrected chi connectivity index (χ1v) is 8.57. The molecule has 1 aliphatic rings. The fraction of sp³-hybridized carbons (Fsp3) is 0.263. The van der Waals surface area contributed by atoms with Gasteiger partial charge in [-0.25, -0.2) is 4.52 Å². The first kappa shape index (κ1) is 16.3. The number of pyridine rings is 1. The molecule has 1 atom stereocenters. The fourth-order valence-corrected chi connectivity index (χ4v) is 3.17. The van der Waals surface area contributed by atoms with Crippen LogP contribution in [0.3, 0.4) is 0 Å². The Balaban J connectivity index is 1.50. The number of amides is 2. The number of benzene rings is 1. The predicted octanol–water partition coefficient (Wildman–Crippen LogP) is 2.17. The Morgan fingerprint density at radius 2 is 2.04 bits per heavy atom. The molecule has 1 aliphatic heterocycles. The SMILES string of the molecule is Cc1ccc(CN2C(=O)CCC2C(=O)Nc2nc3ccccn3n2)cc1. The van der Waals surface area contributed by atoms with Crippen LogP contribution in [-0.2, 0) is 16.1 Å². The van der Waals surface area contributed by atoms with Gasteiger partial charge in [-0.15, -0.1) is 5.10 Å². The molecular weight excluding hydrogens is 330 g/mol. The Bertz CT molecular complexity index is 930. The molecule has 0 bridgehead atoms. The number of carbonyl (C=O) groups excluding carboxylic acids is 2. The van der Waals surface area contributed by atoms with Gasteiger partial charge in [-0.1, -0.05) is 35.9 Å². The summed E-state index contributed by atoms with van der Waals surface area (Å²) in [4.78, 5) is 30.9. The van der Waals surface area contributed by atoms with Crippen LogP contribution >= 0.6 is 0 Å². The highest BCUT2D eigenvalue weighted by Crippen LogP contribution is 2.23. The monoisotopic (exact) mass is 349 g/mol. The van der Waals surface area contributed by atoms with Crippen LogP contribution in [0.5, 0.6) is 0 Å². The van der Waals surface area contributed by atoms with E-state index in [0.717, 1.165) is 11.1 Å². The van der Waals surface area contributed by atoms with Gasteiger partial charge in [-0.3, -0.25) is 14.9 Å². The highest BCUT2D eigenvalue weighted by Gasteiger charge is 2.36. The van der Waals surface area contributed by atoms with Crippen LogP contribution < -0.4 is 5.32 Å². The maximum atomic E-state index is 12.7. The lowest BCUT2D eigenvalue weighted by Crippen LogP contribution is -2.41. The van der Waals surface area contributed by atoms with E-state index in [1.807, 2.05) is 49.4 Å². The fourth-order valence-electron chi connectivity index (χ4n) is 3.17. The Morgan fingerprint density at radius 3 is 2.81 bits per heavy atom. The quantitative estimate of drug-likeness (QED) is 0.783. The van der Waals surface area contributed by atoms with Gasteiger partial charge in [0.2, 0.25) is 17.8 Å². The molecule has 0 saturated carbocycles. The molecule has 4 rings (SSSR count). The lowest BCUT2D eigenvalue weighted by molar-refractivity contribution is -0.133. The van der Waals surface area contributed by atoms with Gasteiger partial charge in [0.1, 0.15) is 6.04 Å². The summed E-state index contributed by atoms with van der Waals surface area (Å²) in [5, 5.41) is 6.97. The van der Waals surface area contributed by atoms with Crippen LogP contribution in [0.2, 0.25) is 0 Å². The summed E-state index contributed by atoms with van der Waals surface area (Å²) in [7, 11) is 0. The van der Waals surface area contributed by atoms with E-state index in [-0.39, 0.29) is 17.8 Å². The molecule has 132 valence electrons. The van der Waals surface area contributed by atoms with E-state index in [9.17, 15) is 9.59 Å². The number of carbonyl (C=O) groups is 2. The molecule has 2 amide bonds. The van der Waals surface area contributed by atoms with Crippen LogP contribution in [0, 0.1) is 6.92 Å². The van der Waals surface area contributed by atoms with E-state index in [1.165, 1.54) is 0 Å². The molecule has 0 aliphatic carbocycles. The number of aromatic nitrogens is 3. The average Bonchev–Trinajstić information content (AvgIpc) is 3.20. The van der Waals surface area contributed by atoms with Gasteiger partial charge < -0.3 is 4.90 Å². The number of rotatable bonds is 4. The first-order chi connectivity index (χ1) is 12.6. The largest absolute Gasteiger partial charge is 0.326 e. The highest BCUT2D eigenvalue weighted by atomic mass is 16.2. The molecular formula is C19H19N5O2. The van der Waals surface area contributed by atoms with Crippen molar-refractivity contribution in [1.29, 1.82) is 0 Å². The Labute approximate surface area is 150 Å². The Morgan fingerprint density at radius 1 is 1.23 bits per heavy atom. The van der Waals surface area contributed by atoms with Crippen LogP contribution in [0.1, 0.15) is 24.0 Å². The number of hydrogen-bond acceptors (Lipinski definition) is 4. The number of hydrogen-bond donors (Lipinski definition) is 1. The summed E-state index contributed by atoms with van der Waals surface area (Å²) >= 11 is 0. The number of likely N-dealkylation sites (tertiary alicyclic amines) is 1. The van der Waals surface area contributed by atoms with Crippen molar-refractivity contribution in [3.63, 3.8) is 0 Å². The average molecular weight is 349 g/mol. The Kier molecular flexibility index (Phi) is 4.12. The Hall–Kier alpha value is -3.22. The van der Waals surface area contributed by atoms with Crippen LogP contribution in [-0.4, -0.2) is 37.4 Å². The molecule has 0 radical (unpaired) electrons. The number of nitrogens with one attached hydrogen (secondary N) is 1. The van der Waals surface area contributed by atoms with Crippen molar-refractivity contribution in [3.05, 3.63) is 59.8 Å². The van der Waals surface area contributed by atoms with Crippen molar-refractivity contribution in [3.8, 4) is 0 Å². The minimum Gasteiger partial charge on any atom is -0.326 e. The van der Waals surface area contributed by atoms with E-state index in [0.29, 0.717) is 25.0 Å². The third kappa shape index (κ3) is 3.15. The highest BCUT2D eigenvalue weighted by molar-refractivity contribution is 5.98. The number of aryl methyl sites for hydroxylation is 1. The molecule has 26 heavy (non-hydrogen) atoms. The van der Waals surface area contributed by atoms with Gasteiger partial charge in [0.05, 0.1) is 0 Å². The van der Waals surface area contributed by atoms with Gasteiger partial charge in [0.25, 0.3) is 0 Å². The van der Waals surface area contributed by atoms with Crippen molar-refractivity contribution >= 4 is 23.4 Å². The van der Waals surface area contributed by atoms with Crippen molar-refractivity contribution in [2.75, 3.05) is 5.32 Å². The zero-order chi connectivity index (χ0) is 18.1. The second-order valence-corrected chi connectivity index (χ2v) is 6.49. The van der Waals surface area contributed by atoms with Gasteiger partial charge in [-0.2, -0.15) is 4.98 Å². The lowest BCUT2D eigenvalue weighted by atomic mass is 10.1. The summed E-state index contributed by atoms with van der Waals surface area (Å²) in [6.45, 7) is 2.44. The second-order valence-electron chi connectivity index (χ2n) is 6.49. The van der Waals surface area contributed by atoms with E-state index < -0.39 is 6.04 Å². The molecule has 1 unspecified atom stereocenters. The zero-order valence-electron chi connectivity index (χ0n) is 14.4. The van der Waals surface area contributed by atoms with Crippen molar-refractivity contribution in [2.24, 2.45) is 0 Å². The van der Waals surface area contributed by atoms with Gasteiger partial charge in [-0.05, 0) is 31.0 Å². The van der Waals surface area contributed by atoms with Gasteiger partial charge in [0, 0.05) is 19.2 Å². The first-order valence-electron chi connectivity index (χ1n) is 8.57. The number of fused-ring (bicyclic) bond motifs is 1. The van der Waals surface area contributed by atoms with Crippen LogP contribution in [0.25, 0.3) is 5.65 Å². The molecule has 7 heteroatoms. The minimum absolute atomic E-state index is 0.00585. The summed E-state index contributed by atoms with van der Waals surface area (Å²) in [5.74, 6) is -0.0108. The van der Waals surface area contributed by atoms with Crippen molar-refractivity contribution < 1.29 is 9.59 Å². The van der Waals surface area contributed by atoms with Crippen molar-refractivity contribution in [2.45, 2.75) is 32.4 Å². The molecule has 2 aromatic heterocycles. The topological polar surface area (TPSA) is 79.6 Å². The molecule has 1 fully saturated rings. The molecule has 7 nitrogen and oxygen atoms in total. The van der Waals surface area contributed by atoms with Crippen molar-refractivity contribution in [1.82, 2.24) is 19.5 Å². The molecule has 3 aromatic rings. The summed E-state index contributed by atoms with van der Waals surface area (Å²) < 4.78 is 1.60. The van der Waals surface area contributed by atoms with Gasteiger partial charge in [0.15, 0.2) is 5.65 Å². The van der Waals surface area contributed by atoms with E-state index in [4.69, 9.17) is 0 Å². The minimum atomic E-state index is -0.504. The molecule has 3 heterocycles.